The first-order valence-corrected chi connectivity index (χ1v) is 7.96. The van der Waals surface area contributed by atoms with Gasteiger partial charge in [-0.05, 0) is 60.9 Å². The van der Waals surface area contributed by atoms with Crippen molar-refractivity contribution in [1.29, 1.82) is 0 Å². The van der Waals surface area contributed by atoms with E-state index in [0.29, 0.717) is 17.9 Å². The quantitative estimate of drug-likeness (QED) is 0.462. The molecule has 6 heteroatoms. The van der Waals surface area contributed by atoms with Crippen molar-refractivity contribution in [3.05, 3.63) is 69.8 Å². The molecule has 2 aromatic rings. The number of ether oxygens (including phenoxy) is 1. The third-order valence-electron chi connectivity index (χ3n) is 3.46. The smallest absolute Gasteiger partial charge is 0.269 e. The Labute approximate surface area is 146 Å². The number of nitro groups is 1. The Morgan fingerprint density at radius 2 is 1.96 bits per heavy atom. The van der Waals surface area contributed by atoms with Crippen LogP contribution in [0, 0.1) is 17.0 Å². The van der Waals surface area contributed by atoms with Crippen LogP contribution in [0.2, 0.25) is 0 Å². The number of nitrogens with zero attached hydrogens (tertiary/aromatic N) is 1. The second-order valence-electron chi connectivity index (χ2n) is 5.50. The monoisotopic (exact) mass is 340 g/mol. The van der Waals surface area contributed by atoms with Crippen molar-refractivity contribution in [1.82, 2.24) is 0 Å². The van der Waals surface area contributed by atoms with Crippen LogP contribution < -0.4 is 10.1 Å². The van der Waals surface area contributed by atoms with Crippen LogP contribution in [0.15, 0.2) is 48.5 Å². The number of carbonyl (C=O) groups is 1. The summed E-state index contributed by atoms with van der Waals surface area (Å²) < 4.78 is 5.55. The Balaban J connectivity index is 1.98. The predicted molar refractivity (Wildman–Crippen MR) is 97.7 cm³/mol. The minimum Gasteiger partial charge on any atom is -0.494 e. The summed E-state index contributed by atoms with van der Waals surface area (Å²) in [5.41, 5.74) is 2.34. The highest BCUT2D eigenvalue weighted by atomic mass is 16.6. The maximum Gasteiger partial charge on any atom is 0.269 e. The second kappa shape index (κ2) is 8.63. The van der Waals surface area contributed by atoms with Crippen LogP contribution in [0.1, 0.15) is 24.5 Å². The van der Waals surface area contributed by atoms with Gasteiger partial charge in [-0.2, -0.15) is 0 Å². The number of aryl methyl sites for hydroxylation is 1. The molecule has 0 saturated carbocycles. The Morgan fingerprint density at radius 1 is 1.24 bits per heavy atom. The van der Waals surface area contributed by atoms with E-state index < -0.39 is 4.92 Å². The highest BCUT2D eigenvalue weighted by molar-refractivity contribution is 6.02. The molecule has 0 radical (unpaired) electrons. The molecular formula is C19H20N2O4. The Hall–Kier alpha value is -3.15. The van der Waals surface area contributed by atoms with E-state index in [2.05, 4.69) is 5.32 Å². The van der Waals surface area contributed by atoms with Gasteiger partial charge in [-0.15, -0.1) is 0 Å². The summed E-state index contributed by atoms with van der Waals surface area (Å²) in [5, 5.41) is 13.4. The molecule has 1 N–H and O–H groups in total. The number of hydrogen-bond acceptors (Lipinski definition) is 4. The van der Waals surface area contributed by atoms with Gasteiger partial charge in [-0.25, -0.2) is 0 Å². The Bertz CT molecular complexity index is 783. The molecule has 0 bridgehead atoms. The third-order valence-corrected chi connectivity index (χ3v) is 3.46. The van der Waals surface area contributed by atoms with Gasteiger partial charge in [0.25, 0.3) is 5.69 Å². The van der Waals surface area contributed by atoms with Crippen molar-refractivity contribution in [3.63, 3.8) is 0 Å². The summed E-state index contributed by atoms with van der Waals surface area (Å²) in [6.07, 6.45) is 3.93. The van der Waals surface area contributed by atoms with Crippen molar-refractivity contribution < 1.29 is 14.5 Å². The fraction of sp³-hybridized carbons (Fsp3) is 0.211. The van der Waals surface area contributed by atoms with Gasteiger partial charge in [-0.1, -0.05) is 6.92 Å². The number of amides is 1. The summed E-state index contributed by atoms with van der Waals surface area (Å²) in [6.45, 7) is 4.59. The molecular weight excluding hydrogens is 320 g/mol. The average Bonchev–Trinajstić information content (AvgIpc) is 2.60. The number of benzene rings is 2. The molecule has 0 aliphatic rings. The summed E-state index contributed by atoms with van der Waals surface area (Å²) in [6, 6.07) is 11.5. The van der Waals surface area contributed by atoms with Crippen LogP contribution in [0.5, 0.6) is 5.75 Å². The number of hydrogen-bond donors (Lipinski definition) is 1. The molecule has 0 aromatic heterocycles. The zero-order chi connectivity index (χ0) is 18.2. The lowest BCUT2D eigenvalue weighted by Crippen LogP contribution is -2.09. The standard InChI is InChI=1S/C19H20N2O4/c1-3-12-25-17-9-10-18(14(2)13-17)20-19(22)11-6-15-4-7-16(8-5-15)21(23)24/h4-11,13H,3,12H2,1-2H3,(H,20,22)/b11-6+. The summed E-state index contributed by atoms with van der Waals surface area (Å²) in [4.78, 5) is 22.2. The zero-order valence-electron chi connectivity index (χ0n) is 14.2. The summed E-state index contributed by atoms with van der Waals surface area (Å²) in [7, 11) is 0. The van der Waals surface area contributed by atoms with E-state index in [-0.39, 0.29) is 11.6 Å². The van der Waals surface area contributed by atoms with Gasteiger partial charge in [-0.3, -0.25) is 14.9 Å². The lowest BCUT2D eigenvalue weighted by atomic mass is 10.1. The van der Waals surface area contributed by atoms with Gasteiger partial charge in [0.1, 0.15) is 5.75 Å². The van der Waals surface area contributed by atoms with Crippen LogP contribution in [-0.2, 0) is 4.79 Å². The molecule has 0 saturated heterocycles. The Kier molecular flexibility index (Phi) is 6.28. The van der Waals surface area contributed by atoms with E-state index in [4.69, 9.17) is 4.74 Å². The van der Waals surface area contributed by atoms with Gasteiger partial charge < -0.3 is 10.1 Å². The molecule has 0 aliphatic carbocycles. The van der Waals surface area contributed by atoms with Crippen molar-refractivity contribution in [2.45, 2.75) is 20.3 Å². The maximum absolute atomic E-state index is 12.0. The van der Waals surface area contributed by atoms with E-state index in [1.807, 2.05) is 26.0 Å². The van der Waals surface area contributed by atoms with Gasteiger partial charge in [0.15, 0.2) is 0 Å². The van der Waals surface area contributed by atoms with Crippen molar-refractivity contribution >= 4 is 23.4 Å². The molecule has 0 fully saturated rings. The molecule has 25 heavy (non-hydrogen) atoms. The lowest BCUT2D eigenvalue weighted by Gasteiger charge is -2.10. The Morgan fingerprint density at radius 3 is 2.56 bits per heavy atom. The normalized spacial score (nSPS) is 10.6. The van der Waals surface area contributed by atoms with Crippen LogP contribution >= 0.6 is 0 Å². The van der Waals surface area contributed by atoms with Gasteiger partial charge in [0, 0.05) is 23.9 Å². The SMILES string of the molecule is CCCOc1ccc(NC(=O)/C=C/c2ccc([N+](=O)[O-])cc2)c(C)c1. The first-order valence-electron chi connectivity index (χ1n) is 7.96. The first-order chi connectivity index (χ1) is 12.0. The number of rotatable bonds is 7. The molecule has 0 atom stereocenters. The van der Waals surface area contributed by atoms with Crippen LogP contribution in [0.25, 0.3) is 6.08 Å². The number of nitro benzene ring substituents is 1. The van der Waals surface area contributed by atoms with Gasteiger partial charge in [0.05, 0.1) is 11.5 Å². The van der Waals surface area contributed by atoms with Crippen LogP contribution in [-0.4, -0.2) is 17.4 Å². The van der Waals surface area contributed by atoms with E-state index in [0.717, 1.165) is 17.7 Å². The van der Waals surface area contributed by atoms with Gasteiger partial charge >= 0.3 is 0 Å². The molecule has 2 rings (SSSR count). The lowest BCUT2D eigenvalue weighted by molar-refractivity contribution is -0.384. The minimum atomic E-state index is -0.461. The second-order valence-corrected chi connectivity index (χ2v) is 5.50. The minimum absolute atomic E-state index is 0.0163. The molecule has 0 spiro atoms. The summed E-state index contributed by atoms with van der Waals surface area (Å²) >= 11 is 0. The van der Waals surface area contributed by atoms with E-state index in [9.17, 15) is 14.9 Å². The fourth-order valence-electron chi connectivity index (χ4n) is 2.14. The maximum atomic E-state index is 12.0. The van der Waals surface area contributed by atoms with E-state index >= 15 is 0 Å². The van der Waals surface area contributed by atoms with Crippen molar-refractivity contribution in [2.75, 3.05) is 11.9 Å². The first kappa shape index (κ1) is 18.2. The molecule has 6 nitrogen and oxygen atoms in total. The summed E-state index contributed by atoms with van der Waals surface area (Å²) in [5.74, 6) is 0.502. The largest absolute Gasteiger partial charge is 0.494 e. The number of nitrogens with one attached hydrogen (secondary N) is 1. The topological polar surface area (TPSA) is 81.5 Å². The number of carbonyl (C=O) groups excluding carboxylic acids is 1. The molecule has 0 aliphatic heterocycles. The average molecular weight is 340 g/mol. The predicted octanol–water partition coefficient (Wildman–Crippen LogP) is 4.34. The fourth-order valence-corrected chi connectivity index (χ4v) is 2.14. The van der Waals surface area contributed by atoms with Gasteiger partial charge in [0.2, 0.25) is 5.91 Å². The third kappa shape index (κ3) is 5.46. The molecule has 2 aromatic carbocycles. The van der Waals surface area contributed by atoms with Crippen molar-refractivity contribution in [2.24, 2.45) is 0 Å². The zero-order valence-corrected chi connectivity index (χ0v) is 14.2. The highest BCUT2D eigenvalue weighted by Gasteiger charge is 2.05. The molecule has 1 amide bonds. The molecule has 0 unspecified atom stereocenters. The van der Waals surface area contributed by atoms with E-state index in [1.165, 1.54) is 18.2 Å². The number of non-ortho nitro benzene ring substituents is 1. The van der Waals surface area contributed by atoms with Crippen LogP contribution in [0.3, 0.4) is 0 Å². The van der Waals surface area contributed by atoms with Crippen LogP contribution in [0.4, 0.5) is 11.4 Å². The number of anilines is 1. The molecule has 130 valence electrons. The highest BCUT2D eigenvalue weighted by Crippen LogP contribution is 2.21. The molecule has 0 heterocycles. The van der Waals surface area contributed by atoms with E-state index in [1.54, 1.807) is 24.3 Å². The van der Waals surface area contributed by atoms with Crippen molar-refractivity contribution in [3.8, 4) is 5.75 Å².